The van der Waals surface area contributed by atoms with E-state index >= 15 is 0 Å². The number of ketones is 1. The maximum atomic E-state index is 11.1. The summed E-state index contributed by atoms with van der Waals surface area (Å²) in [5.74, 6) is 0.525. The third-order valence-electron chi connectivity index (χ3n) is 2.65. The van der Waals surface area contributed by atoms with Gasteiger partial charge < -0.3 is 0 Å². The lowest BCUT2D eigenvalue weighted by atomic mass is 9.74. The van der Waals surface area contributed by atoms with Crippen LogP contribution in [0.4, 0.5) is 0 Å². The molecule has 3 heteroatoms. The Morgan fingerprint density at radius 3 is 2.70 bits per heavy atom. The summed E-state index contributed by atoms with van der Waals surface area (Å²) in [4.78, 5) is 11.1. The lowest BCUT2D eigenvalue weighted by Crippen LogP contribution is -2.53. The Morgan fingerprint density at radius 2 is 2.10 bits per heavy atom. The van der Waals surface area contributed by atoms with Gasteiger partial charge in [0.05, 0.1) is 0 Å². The molecule has 0 radical (unpaired) electrons. The molecule has 2 fully saturated rings. The van der Waals surface area contributed by atoms with Crippen molar-refractivity contribution in [3.8, 4) is 0 Å². The minimum atomic E-state index is -1.01. The van der Waals surface area contributed by atoms with Gasteiger partial charge in [0.2, 0.25) is 0 Å². The van der Waals surface area contributed by atoms with Crippen LogP contribution in [0.15, 0.2) is 0 Å². The van der Waals surface area contributed by atoms with Crippen LogP contribution < -0.4 is 0 Å². The molecule has 0 aromatic heterocycles. The second-order valence-electron chi connectivity index (χ2n) is 3.13. The molecule has 0 bridgehead atoms. The van der Waals surface area contributed by atoms with Gasteiger partial charge >= 0.3 is 0 Å². The Bertz CT molecular complexity index is 188. The predicted molar refractivity (Wildman–Crippen MR) is 40.3 cm³/mol. The fraction of sp³-hybridized carbons (Fsp3) is 0.857. The molecule has 0 N–H and O–H groups in total. The van der Waals surface area contributed by atoms with Gasteiger partial charge in [-0.3, -0.25) is 4.79 Å². The van der Waals surface area contributed by atoms with Crippen molar-refractivity contribution in [1.29, 1.82) is 0 Å². The number of carbonyl (C=O) groups excluding carboxylic acids is 1. The molecule has 0 amide bonds. The Hall–Kier alpha value is 0.250. The monoisotopic (exact) mass is 178 g/mol. The summed E-state index contributed by atoms with van der Waals surface area (Å²) in [7, 11) is 0. The fourth-order valence-corrected chi connectivity index (χ4v) is 2.84. The van der Waals surface area contributed by atoms with E-state index in [-0.39, 0.29) is 17.6 Å². The quantitative estimate of drug-likeness (QED) is 0.520. The van der Waals surface area contributed by atoms with Crippen LogP contribution in [0.2, 0.25) is 0 Å². The average Bonchev–Trinajstić information content (AvgIpc) is 2.31. The van der Waals surface area contributed by atoms with Gasteiger partial charge in [-0.05, 0) is 12.8 Å². The largest absolute Gasteiger partial charge is 0.296 e. The first-order valence-corrected chi connectivity index (χ1v) is 4.32. The van der Waals surface area contributed by atoms with Gasteiger partial charge in [0, 0.05) is 11.8 Å². The molecule has 0 heterocycles. The average molecular weight is 179 g/mol. The minimum absolute atomic E-state index is 0.0540. The smallest absolute Gasteiger partial charge is 0.179 e. The molecule has 2 aliphatic carbocycles. The first kappa shape index (κ1) is 6.93. The number of fused-ring (bicyclic) bond motifs is 1. The van der Waals surface area contributed by atoms with E-state index in [4.69, 9.17) is 23.2 Å². The van der Waals surface area contributed by atoms with Crippen molar-refractivity contribution in [3.63, 3.8) is 0 Å². The Balaban J connectivity index is 2.23. The number of alkyl halides is 2. The molecule has 2 saturated carbocycles. The van der Waals surface area contributed by atoms with Crippen LogP contribution in [0.5, 0.6) is 0 Å². The van der Waals surface area contributed by atoms with Crippen LogP contribution >= 0.6 is 23.2 Å². The molecule has 2 rings (SSSR count). The van der Waals surface area contributed by atoms with Gasteiger partial charge in [-0.2, -0.15) is 0 Å². The van der Waals surface area contributed by atoms with Crippen LogP contribution in [0.25, 0.3) is 0 Å². The van der Waals surface area contributed by atoms with Crippen molar-refractivity contribution in [2.45, 2.75) is 23.6 Å². The number of carbonyl (C=O) groups is 1. The molecule has 0 aromatic carbocycles. The number of hydrogen-bond donors (Lipinski definition) is 0. The SMILES string of the molecule is O=C1C2CCC[C@@H]2C1(Cl)Cl. The van der Waals surface area contributed by atoms with Crippen LogP contribution in [-0.4, -0.2) is 10.1 Å². The maximum absolute atomic E-state index is 11.1. The van der Waals surface area contributed by atoms with Crippen molar-refractivity contribution in [3.05, 3.63) is 0 Å². The third-order valence-corrected chi connectivity index (χ3v) is 3.58. The van der Waals surface area contributed by atoms with Crippen molar-refractivity contribution in [2.24, 2.45) is 11.8 Å². The summed E-state index contributed by atoms with van der Waals surface area (Å²) in [6.45, 7) is 0. The van der Waals surface area contributed by atoms with Crippen LogP contribution in [-0.2, 0) is 4.79 Å². The Kier molecular flexibility index (Phi) is 1.31. The summed E-state index contributed by atoms with van der Waals surface area (Å²) in [5, 5.41) is 0. The standard InChI is InChI=1S/C7H8Cl2O/c8-7(9)5-3-1-2-4(5)6(7)10/h4-5H,1-3H2/t4?,5-/m0/s1. The number of rotatable bonds is 0. The molecule has 0 spiro atoms. The van der Waals surface area contributed by atoms with Gasteiger partial charge in [0.1, 0.15) is 0 Å². The highest BCUT2D eigenvalue weighted by Gasteiger charge is 2.61. The molecule has 10 heavy (non-hydrogen) atoms. The second kappa shape index (κ2) is 1.89. The van der Waals surface area contributed by atoms with E-state index in [2.05, 4.69) is 0 Å². The lowest BCUT2D eigenvalue weighted by molar-refractivity contribution is -0.133. The van der Waals surface area contributed by atoms with Crippen molar-refractivity contribution in [1.82, 2.24) is 0 Å². The van der Waals surface area contributed by atoms with Gasteiger partial charge in [-0.25, -0.2) is 0 Å². The van der Waals surface area contributed by atoms with E-state index in [1.54, 1.807) is 0 Å². The van der Waals surface area contributed by atoms with Gasteiger partial charge in [0.25, 0.3) is 0 Å². The molecular formula is C7H8Cl2O. The minimum Gasteiger partial charge on any atom is -0.296 e. The van der Waals surface area contributed by atoms with Gasteiger partial charge in [-0.1, -0.05) is 29.6 Å². The van der Waals surface area contributed by atoms with E-state index in [1.807, 2.05) is 0 Å². The predicted octanol–water partition coefficient (Wildman–Crippen LogP) is 2.16. The van der Waals surface area contributed by atoms with Crippen LogP contribution in [0.3, 0.4) is 0 Å². The normalized spacial score (nSPS) is 42.8. The Morgan fingerprint density at radius 1 is 1.40 bits per heavy atom. The summed E-state index contributed by atoms with van der Waals surface area (Å²) < 4.78 is -1.01. The molecule has 1 unspecified atom stereocenters. The van der Waals surface area contributed by atoms with E-state index in [1.165, 1.54) is 0 Å². The number of Topliss-reactive ketones (excluding diaryl/α,β-unsaturated/α-hetero) is 1. The Labute approximate surface area is 69.7 Å². The maximum Gasteiger partial charge on any atom is 0.179 e. The first-order chi connectivity index (χ1) is 4.64. The summed E-state index contributed by atoms with van der Waals surface area (Å²) >= 11 is 11.5. The van der Waals surface area contributed by atoms with Crippen LogP contribution in [0, 0.1) is 11.8 Å². The van der Waals surface area contributed by atoms with E-state index in [0.717, 1.165) is 19.3 Å². The summed E-state index contributed by atoms with van der Waals surface area (Å²) in [6.07, 6.45) is 3.15. The molecule has 0 aromatic rings. The van der Waals surface area contributed by atoms with Gasteiger partial charge in [-0.15, -0.1) is 0 Å². The zero-order valence-electron chi connectivity index (χ0n) is 5.44. The highest BCUT2D eigenvalue weighted by atomic mass is 35.5. The van der Waals surface area contributed by atoms with Crippen molar-refractivity contribution in [2.75, 3.05) is 0 Å². The molecule has 56 valence electrons. The van der Waals surface area contributed by atoms with Crippen molar-refractivity contribution < 1.29 is 4.79 Å². The summed E-state index contributed by atoms with van der Waals surface area (Å²) in [6, 6.07) is 0. The molecular weight excluding hydrogens is 171 g/mol. The highest BCUT2D eigenvalue weighted by Crippen LogP contribution is 2.56. The zero-order valence-corrected chi connectivity index (χ0v) is 6.95. The molecule has 1 nitrogen and oxygen atoms in total. The van der Waals surface area contributed by atoms with E-state index in [0.29, 0.717) is 0 Å². The number of hydrogen-bond acceptors (Lipinski definition) is 1. The third kappa shape index (κ3) is 0.629. The highest BCUT2D eigenvalue weighted by molar-refractivity contribution is 6.60. The lowest BCUT2D eigenvalue weighted by Gasteiger charge is -2.41. The second-order valence-corrected chi connectivity index (χ2v) is 4.52. The molecule has 2 aliphatic rings. The molecule has 2 atom stereocenters. The number of halogens is 2. The van der Waals surface area contributed by atoms with Gasteiger partial charge in [0.15, 0.2) is 10.1 Å². The molecule has 0 aliphatic heterocycles. The van der Waals surface area contributed by atoms with Crippen molar-refractivity contribution >= 4 is 29.0 Å². The van der Waals surface area contributed by atoms with E-state index in [9.17, 15) is 4.79 Å². The zero-order chi connectivity index (χ0) is 7.35. The van der Waals surface area contributed by atoms with Crippen LogP contribution in [0.1, 0.15) is 19.3 Å². The fourth-order valence-electron chi connectivity index (χ4n) is 2.04. The topological polar surface area (TPSA) is 17.1 Å². The first-order valence-electron chi connectivity index (χ1n) is 3.56. The van der Waals surface area contributed by atoms with E-state index < -0.39 is 4.33 Å². The molecule has 0 saturated heterocycles. The summed E-state index contributed by atoms with van der Waals surface area (Å²) in [5.41, 5.74) is 0.